The van der Waals surface area contributed by atoms with Gasteiger partial charge in [-0.3, -0.25) is 0 Å². The first kappa shape index (κ1) is 38.9. The summed E-state index contributed by atoms with van der Waals surface area (Å²) in [7, 11) is 0. The normalized spacial score (nSPS) is 11.6. The third kappa shape index (κ3) is 6.55. The van der Waals surface area contributed by atoms with Crippen LogP contribution >= 0.6 is 11.3 Å². The summed E-state index contributed by atoms with van der Waals surface area (Å²) in [6, 6.07) is 93.3. The average Bonchev–Trinajstić information content (AvgIpc) is 3.96. The molecule has 0 aliphatic carbocycles. The zero-order chi connectivity index (χ0) is 44.3. The van der Waals surface area contributed by atoms with Crippen molar-refractivity contribution in [3.05, 3.63) is 255 Å². The number of hydrogen-bond donors (Lipinski definition) is 0. The molecule has 0 amide bonds. The molecule has 0 spiro atoms. The third-order valence-electron chi connectivity index (χ3n) is 13.4. The van der Waals surface area contributed by atoms with Gasteiger partial charge in [0.25, 0.3) is 0 Å². The van der Waals surface area contributed by atoms with Crippen LogP contribution in [0, 0.1) is 0 Å². The Labute approximate surface area is 393 Å². The molecule has 2 heterocycles. The SMILES string of the molecule is c1ccc(-c2cccc3cccc(-c4ccccc4N(c4cccc(-c5cccc6c5sc5ccccc56)c4)c4cccc(-c5cccc6c7ccccc7n(-c7ccccc7)c56)c4)c23)cc1. The molecule has 0 saturated heterocycles. The Morgan fingerprint density at radius 2 is 0.881 bits per heavy atom. The molecule has 2 aromatic heterocycles. The number of nitrogens with zero attached hydrogens (tertiary/aromatic N) is 2. The number of para-hydroxylation sites is 4. The summed E-state index contributed by atoms with van der Waals surface area (Å²) in [4.78, 5) is 2.48. The minimum Gasteiger partial charge on any atom is -0.310 e. The van der Waals surface area contributed by atoms with Crippen LogP contribution in [0.2, 0.25) is 0 Å². The van der Waals surface area contributed by atoms with Gasteiger partial charge in [-0.25, -0.2) is 0 Å². The lowest BCUT2D eigenvalue weighted by Crippen LogP contribution is -2.11. The van der Waals surface area contributed by atoms with Crippen molar-refractivity contribution >= 4 is 81.1 Å². The number of rotatable bonds is 8. The molecule has 11 aromatic carbocycles. The van der Waals surface area contributed by atoms with Crippen LogP contribution in [0.3, 0.4) is 0 Å². The van der Waals surface area contributed by atoms with Crippen LogP contribution in [0.15, 0.2) is 255 Å². The number of hydrogen-bond acceptors (Lipinski definition) is 2. The molecule has 67 heavy (non-hydrogen) atoms. The lowest BCUT2D eigenvalue weighted by Gasteiger charge is -2.29. The van der Waals surface area contributed by atoms with Crippen LogP contribution in [0.1, 0.15) is 0 Å². The van der Waals surface area contributed by atoms with E-state index in [1.807, 2.05) is 11.3 Å². The number of aromatic nitrogens is 1. The second-order valence-corrected chi connectivity index (χ2v) is 18.3. The molecule has 0 bridgehead atoms. The number of benzene rings is 11. The van der Waals surface area contributed by atoms with Crippen molar-refractivity contribution in [3.63, 3.8) is 0 Å². The number of fused-ring (bicyclic) bond motifs is 7. The molecule has 2 nitrogen and oxygen atoms in total. The molecule has 314 valence electrons. The fourth-order valence-corrected chi connectivity index (χ4v) is 11.7. The van der Waals surface area contributed by atoms with Crippen molar-refractivity contribution in [1.29, 1.82) is 0 Å². The predicted octanol–water partition coefficient (Wildman–Crippen LogP) is 18.4. The fourth-order valence-electron chi connectivity index (χ4n) is 10.4. The summed E-state index contributed by atoms with van der Waals surface area (Å²) in [6.45, 7) is 0. The average molecular weight is 871 g/mol. The molecule has 0 aliphatic rings. The number of thiophene rings is 1. The van der Waals surface area contributed by atoms with Crippen LogP contribution in [0.4, 0.5) is 17.1 Å². The highest BCUT2D eigenvalue weighted by atomic mass is 32.1. The van der Waals surface area contributed by atoms with Crippen LogP contribution in [-0.2, 0) is 0 Å². The molecule has 0 saturated carbocycles. The summed E-state index contributed by atoms with van der Waals surface area (Å²) in [5.74, 6) is 0. The zero-order valence-corrected chi connectivity index (χ0v) is 37.4. The van der Waals surface area contributed by atoms with E-state index in [9.17, 15) is 0 Å². The Bertz CT molecular complexity index is 3990. The standard InChI is InChI=1S/C64H42N2S/c1-3-19-43(20-4-1)50-32-15-21-44-22-16-35-56(62(44)50)53-29-7-10-38-59(53)65(49-28-14-24-46(42-49)52-34-18-37-58-55-31-9-12-40-61(55)67-64(52)58)48-27-13-23-45(41-48)51-33-17-36-57-54-30-8-11-39-60(54)66(63(51)57)47-25-5-2-6-26-47/h1-42H. The summed E-state index contributed by atoms with van der Waals surface area (Å²) in [5, 5.41) is 7.53. The zero-order valence-electron chi connectivity index (χ0n) is 36.6. The third-order valence-corrected chi connectivity index (χ3v) is 14.6. The summed E-state index contributed by atoms with van der Waals surface area (Å²) >= 11 is 1.88. The molecule has 0 radical (unpaired) electrons. The van der Waals surface area contributed by atoms with E-state index in [1.54, 1.807) is 0 Å². The fraction of sp³-hybridized carbons (Fsp3) is 0. The predicted molar refractivity (Wildman–Crippen MR) is 288 cm³/mol. The van der Waals surface area contributed by atoms with Crippen molar-refractivity contribution in [2.75, 3.05) is 4.90 Å². The van der Waals surface area contributed by atoms with Crippen molar-refractivity contribution in [3.8, 4) is 50.2 Å². The Hall–Kier alpha value is -8.50. The molecule has 0 unspecified atom stereocenters. The van der Waals surface area contributed by atoms with E-state index >= 15 is 0 Å². The lowest BCUT2D eigenvalue weighted by atomic mass is 9.90. The van der Waals surface area contributed by atoms with E-state index in [0.29, 0.717) is 0 Å². The maximum atomic E-state index is 2.48. The van der Waals surface area contributed by atoms with E-state index in [4.69, 9.17) is 0 Å². The van der Waals surface area contributed by atoms with Crippen LogP contribution in [-0.4, -0.2) is 4.57 Å². The first-order chi connectivity index (χ1) is 33.3. The highest BCUT2D eigenvalue weighted by Crippen LogP contribution is 2.48. The van der Waals surface area contributed by atoms with Gasteiger partial charge in [0.15, 0.2) is 0 Å². The Morgan fingerprint density at radius 1 is 0.343 bits per heavy atom. The van der Waals surface area contributed by atoms with E-state index in [2.05, 4.69) is 264 Å². The van der Waals surface area contributed by atoms with E-state index in [0.717, 1.165) is 33.9 Å². The van der Waals surface area contributed by atoms with Gasteiger partial charge < -0.3 is 9.47 Å². The van der Waals surface area contributed by atoms with Crippen molar-refractivity contribution in [1.82, 2.24) is 4.57 Å². The van der Waals surface area contributed by atoms with Gasteiger partial charge in [0.1, 0.15) is 0 Å². The van der Waals surface area contributed by atoms with Gasteiger partial charge in [-0.2, -0.15) is 0 Å². The molecule has 13 rings (SSSR count). The molecule has 0 atom stereocenters. The van der Waals surface area contributed by atoms with Gasteiger partial charge in [-0.05, 0) is 98.8 Å². The second kappa shape index (κ2) is 16.2. The van der Waals surface area contributed by atoms with Crippen molar-refractivity contribution in [2.24, 2.45) is 0 Å². The van der Waals surface area contributed by atoms with Crippen LogP contribution in [0.5, 0.6) is 0 Å². The van der Waals surface area contributed by atoms with Crippen molar-refractivity contribution < 1.29 is 0 Å². The minimum absolute atomic E-state index is 1.07. The Kier molecular flexibility index (Phi) is 9.40. The summed E-state index contributed by atoms with van der Waals surface area (Å²) in [6.07, 6.45) is 0. The minimum atomic E-state index is 1.07. The van der Waals surface area contributed by atoms with Gasteiger partial charge in [-0.15, -0.1) is 11.3 Å². The van der Waals surface area contributed by atoms with Gasteiger partial charge in [0.2, 0.25) is 0 Å². The monoisotopic (exact) mass is 870 g/mol. The highest BCUT2D eigenvalue weighted by molar-refractivity contribution is 7.26. The van der Waals surface area contributed by atoms with E-state index in [-0.39, 0.29) is 0 Å². The first-order valence-corrected chi connectivity index (χ1v) is 23.7. The van der Waals surface area contributed by atoms with Gasteiger partial charge >= 0.3 is 0 Å². The number of anilines is 3. The molecule has 0 N–H and O–H groups in total. The first-order valence-electron chi connectivity index (χ1n) is 22.9. The lowest BCUT2D eigenvalue weighted by molar-refractivity contribution is 1.18. The molecule has 3 heteroatoms. The summed E-state index contributed by atoms with van der Waals surface area (Å²) in [5.41, 5.74) is 16.3. The maximum Gasteiger partial charge on any atom is 0.0619 e. The van der Waals surface area contributed by atoms with Gasteiger partial charge in [0, 0.05) is 59.1 Å². The Morgan fingerprint density at radius 3 is 1.67 bits per heavy atom. The largest absolute Gasteiger partial charge is 0.310 e. The topological polar surface area (TPSA) is 8.17 Å². The van der Waals surface area contributed by atoms with E-state index in [1.165, 1.54) is 86.1 Å². The molecule has 13 aromatic rings. The smallest absolute Gasteiger partial charge is 0.0619 e. The molecular weight excluding hydrogens is 829 g/mol. The molecule has 0 fully saturated rings. The quantitative estimate of drug-likeness (QED) is 0.148. The second-order valence-electron chi connectivity index (χ2n) is 17.2. The Balaban J connectivity index is 1.06. The summed E-state index contributed by atoms with van der Waals surface area (Å²) < 4.78 is 5.04. The van der Waals surface area contributed by atoms with Gasteiger partial charge in [-0.1, -0.05) is 200 Å². The van der Waals surface area contributed by atoms with Crippen LogP contribution < -0.4 is 4.90 Å². The molecule has 0 aliphatic heterocycles. The van der Waals surface area contributed by atoms with Crippen LogP contribution in [0.25, 0.3) is 103 Å². The van der Waals surface area contributed by atoms with Crippen molar-refractivity contribution in [2.45, 2.75) is 0 Å². The maximum absolute atomic E-state index is 2.48. The van der Waals surface area contributed by atoms with E-state index < -0.39 is 0 Å². The molecular formula is C64H42N2S. The van der Waals surface area contributed by atoms with Gasteiger partial charge in [0.05, 0.1) is 16.7 Å². The highest BCUT2D eigenvalue weighted by Gasteiger charge is 2.23.